The first kappa shape index (κ1) is 9.61. The summed E-state index contributed by atoms with van der Waals surface area (Å²) in [6.45, 7) is 1.60. The van der Waals surface area contributed by atoms with Crippen molar-refractivity contribution in [2.24, 2.45) is 0 Å². The number of halogens is 1. The van der Waals surface area contributed by atoms with Gasteiger partial charge in [-0.25, -0.2) is 0 Å². The first-order valence-corrected chi connectivity index (χ1v) is 4.93. The van der Waals surface area contributed by atoms with Gasteiger partial charge in [0.2, 0.25) is 5.28 Å². The Morgan fingerprint density at radius 1 is 1.64 bits per heavy atom. The molecule has 6 heteroatoms. The molecule has 1 aliphatic rings. The lowest BCUT2D eigenvalue weighted by atomic mass is 10.2. The number of anilines is 1. The van der Waals surface area contributed by atoms with Crippen molar-refractivity contribution >= 4 is 17.4 Å². The van der Waals surface area contributed by atoms with Crippen LogP contribution in [0.25, 0.3) is 0 Å². The maximum atomic E-state index is 5.58. The van der Waals surface area contributed by atoms with Crippen LogP contribution in [0.5, 0.6) is 0 Å². The molecule has 0 aromatic carbocycles. The summed E-state index contributed by atoms with van der Waals surface area (Å²) < 4.78 is 5.45. The maximum Gasteiger partial charge on any atom is 0.244 e. The minimum atomic E-state index is 0.155. The molecule has 1 aliphatic heterocycles. The van der Waals surface area contributed by atoms with Gasteiger partial charge in [0.1, 0.15) is 5.82 Å². The predicted molar refractivity (Wildman–Crippen MR) is 52.3 cm³/mol. The van der Waals surface area contributed by atoms with Crippen LogP contribution in [0, 0.1) is 0 Å². The predicted octanol–water partition coefficient (Wildman–Crippen LogP) is 1.12. The molecule has 5 nitrogen and oxygen atoms in total. The van der Waals surface area contributed by atoms with E-state index >= 15 is 0 Å². The average molecular weight is 215 g/mol. The number of aromatic nitrogens is 3. The summed E-state index contributed by atoms with van der Waals surface area (Å²) in [6.07, 6.45) is 4.05. The van der Waals surface area contributed by atoms with Crippen LogP contribution in [-0.4, -0.2) is 34.4 Å². The monoisotopic (exact) mass is 214 g/mol. The number of ether oxygens (including phenoxy) is 1. The summed E-state index contributed by atoms with van der Waals surface area (Å²) in [7, 11) is 0. The van der Waals surface area contributed by atoms with E-state index in [2.05, 4.69) is 20.5 Å². The molecular weight excluding hydrogens is 204 g/mol. The van der Waals surface area contributed by atoms with Crippen molar-refractivity contribution in [1.29, 1.82) is 0 Å². The van der Waals surface area contributed by atoms with Crippen molar-refractivity contribution in [1.82, 2.24) is 15.2 Å². The Hall–Kier alpha value is -0.940. The lowest BCUT2D eigenvalue weighted by Crippen LogP contribution is -2.19. The van der Waals surface area contributed by atoms with Crippen molar-refractivity contribution < 1.29 is 4.74 Å². The molecule has 1 N–H and O–H groups in total. The van der Waals surface area contributed by atoms with Crippen LogP contribution in [-0.2, 0) is 4.74 Å². The number of rotatable bonds is 3. The van der Waals surface area contributed by atoms with Crippen molar-refractivity contribution in [2.45, 2.75) is 18.9 Å². The maximum absolute atomic E-state index is 5.58. The van der Waals surface area contributed by atoms with E-state index in [0.717, 1.165) is 26.0 Å². The van der Waals surface area contributed by atoms with E-state index < -0.39 is 0 Å². The van der Waals surface area contributed by atoms with E-state index in [4.69, 9.17) is 16.3 Å². The second-order valence-electron chi connectivity index (χ2n) is 3.13. The Morgan fingerprint density at radius 2 is 2.57 bits per heavy atom. The highest BCUT2D eigenvalue weighted by Crippen LogP contribution is 2.12. The van der Waals surface area contributed by atoms with Crippen LogP contribution in [0.3, 0.4) is 0 Å². The lowest BCUT2D eigenvalue weighted by molar-refractivity contribution is 0.120. The number of nitrogens with zero attached hydrogens (tertiary/aromatic N) is 3. The fraction of sp³-hybridized carbons (Fsp3) is 0.625. The van der Waals surface area contributed by atoms with E-state index in [1.807, 2.05) is 0 Å². The van der Waals surface area contributed by atoms with Gasteiger partial charge in [-0.05, 0) is 24.4 Å². The topological polar surface area (TPSA) is 59.9 Å². The van der Waals surface area contributed by atoms with E-state index in [0.29, 0.717) is 5.82 Å². The third-order valence-electron chi connectivity index (χ3n) is 2.07. The molecule has 0 saturated carbocycles. The fourth-order valence-electron chi connectivity index (χ4n) is 1.39. The van der Waals surface area contributed by atoms with Gasteiger partial charge in [0.25, 0.3) is 0 Å². The standard InChI is InChI=1S/C8H11ClN4O/c9-8-12-7(5-11-13-8)10-4-6-2-1-3-14-6/h5-6H,1-4H2,(H,10,12,13). The van der Waals surface area contributed by atoms with Gasteiger partial charge >= 0.3 is 0 Å². The molecular formula is C8H11ClN4O. The summed E-state index contributed by atoms with van der Waals surface area (Å²) in [6, 6.07) is 0. The molecule has 0 aliphatic carbocycles. The molecule has 14 heavy (non-hydrogen) atoms. The van der Waals surface area contributed by atoms with Crippen LogP contribution < -0.4 is 5.32 Å². The Labute approximate surface area is 86.8 Å². The fourth-order valence-corrected chi connectivity index (χ4v) is 1.53. The summed E-state index contributed by atoms with van der Waals surface area (Å²) >= 11 is 5.58. The van der Waals surface area contributed by atoms with Crippen LogP contribution in [0.15, 0.2) is 6.20 Å². The van der Waals surface area contributed by atoms with Gasteiger partial charge in [-0.2, -0.15) is 10.1 Å². The summed E-state index contributed by atoms with van der Waals surface area (Å²) in [5.41, 5.74) is 0. The first-order valence-electron chi connectivity index (χ1n) is 4.55. The molecule has 2 rings (SSSR count). The molecule has 1 atom stereocenters. The molecule has 0 amide bonds. The van der Waals surface area contributed by atoms with Gasteiger partial charge in [0, 0.05) is 13.2 Å². The average Bonchev–Trinajstić information content (AvgIpc) is 2.67. The number of hydrogen-bond donors (Lipinski definition) is 1. The SMILES string of the molecule is Clc1nncc(NCC2CCCO2)n1. The molecule has 1 saturated heterocycles. The van der Waals surface area contributed by atoms with E-state index in [9.17, 15) is 0 Å². The van der Waals surface area contributed by atoms with Crippen molar-refractivity contribution in [3.8, 4) is 0 Å². The molecule has 0 spiro atoms. The molecule has 0 radical (unpaired) electrons. The highest BCUT2D eigenvalue weighted by molar-refractivity contribution is 6.28. The van der Waals surface area contributed by atoms with Crippen molar-refractivity contribution in [3.05, 3.63) is 11.5 Å². The smallest absolute Gasteiger partial charge is 0.244 e. The van der Waals surface area contributed by atoms with Crippen molar-refractivity contribution in [3.63, 3.8) is 0 Å². The molecule has 0 bridgehead atoms. The van der Waals surface area contributed by atoms with Crippen LogP contribution in [0.4, 0.5) is 5.82 Å². The molecule has 1 fully saturated rings. The lowest BCUT2D eigenvalue weighted by Gasteiger charge is -2.10. The van der Waals surface area contributed by atoms with Gasteiger partial charge in [-0.1, -0.05) is 0 Å². The molecule has 2 heterocycles. The van der Waals surface area contributed by atoms with Crippen molar-refractivity contribution in [2.75, 3.05) is 18.5 Å². The minimum Gasteiger partial charge on any atom is -0.376 e. The Bertz CT molecular complexity index is 303. The Balaban J connectivity index is 1.85. The largest absolute Gasteiger partial charge is 0.376 e. The zero-order valence-corrected chi connectivity index (χ0v) is 8.37. The van der Waals surface area contributed by atoms with E-state index in [-0.39, 0.29) is 11.4 Å². The summed E-state index contributed by atoms with van der Waals surface area (Å²) in [5.74, 6) is 0.639. The zero-order chi connectivity index (χ0) is 9.80. The Kier molecular flexibility index (Phi) is 3.10. The van der Waals surface area contributed by atoms with Gasteiger partial charge in [-0.3, -0.25) is 0 Å². The number of hydrogen-bond acceptors (Lipinski definition) is 5. The summed E-state index contributed by atoms with van der Waals surface area (Å²) in [4.78, 5) is 3.96. The highest BCUT2D eigenvalue weighted by atomic mass is 35.5. The Morgan fingerprint density at radius 3 is 3.29 bits per heavy atom. The third-order valence-corrected chi connectivity index (χ3v) is 2.23. The van der Waals surface area contributed by atoms with Gasteiger partial charge in [-0.15, -0.1) is 5.10 Å². The minimum absolute atomic E-state index is 0.155. The second-order valence-corrected chi connectivity index (χ2v) is 3.46. The van der Waals surface area contributed by atoms with E-state index in [1.165, 1.54) is 0 Å². The molecule has 76 valence electrons. The van der Waals surface area contributed by atoms with Crippen LogP contribution >= 0.6 is 11.6 Å². The number of nitrogens with one attached hydrogen (secondary N) is 1. The van der Waals surface area contributed by atoms with Crippen LogP contribution in [0.2, 0.25) is 5.28 Å². The normalized spacial score (nSPS) is 21.1. The molecule has 1 aromatic rings. The first-order chi connectivity index (χ1) is 6.84. The summed E-state index contributed by atoms with van der Waals surface area (Å²) in [5, 5.41) is 10.5. The zero-order valence-electron chi connectivity index (χ0n) is 7.61. The third kappa shape index (κ3) is 2.52. The quantitative estimate of drug-likeness (QED) is 0.817. The van der Waals surface area contributed by atoms with Gasteiger partial charge in [0.15, 0.2) is 0 Å². The second kappa shape index (κ2) is 4.52. The van der Waals surface area contributed by atoms with Gasteiger partial charge in [0.05, 0.1) is 12.3 Å². The van der Waals surface area contributed by atoms with E-state index in [1.54, 1.807) is 6.20 Å². The van der Waals surface area contributed by atoms with Crippen LogP contribution in [0.1, 0.15) is 12.8 Å². The van der Waals surface area contributed by atoms with Gasteiger partial charge < -0.3 is 10.1 Å². The highest BCUT2D eigenvalue weighted by Gasteiger charge is 2.14. The molecule has 1 aromatic heterocycles. The molecule has 1 unspecified atom stereocenters.